The summed E-state index contributed by atoms with van der Waals surface area (Å²) in [5.74, 6) is 0. The smallest absolute Gasteiger partial charge is 0.407 e. The molecule has 0 aliphatic rings. The van der Waals surface area contributed by atoms with Crippen molar-refractivity contribution in [2.24, 2.45) is 5.73 Å². The fraction of sp³-hybridized carbons (Fsp3) is 0.562. The van der Waals surface area contributed by atoms with Crippen LogP contribution in [0.25, 0.3) is 0 Å². The molecule has 1 aromatic carbocycles. The van der Waals surface area contributed by atoms with Crippen molar-refractivity contribution in [2.45, 2.75) is 51.9 Å². The highest BCUT2D eigenvalue weighted by Crippen LogP contribution is 2.07. The van der Waals surface area contributed by atoms with Crippen LogP contribution >= 0.6 is 0 Å². The Morgan fingerprint density at radius 1 is 1.29 bits per heavy atom. The first-order valence-electron chi connectivity index (χ1n) is 7.28. The Morgan fingerprint density at radius 2 is 1.90 bits per heavy atom. The molecule has 0 aliphatic carbocycles. The minimum atomic E-state index is -0.501. The first kappa shape index (κ1) is 17.5. The monoisotopic (exact) mass is 293 g/mol. The Labute approximate surface area is 127 Å². The third kappa shape index (κ3) is 7.11. The summed E-state index contributed by atoms with van der Waals surface area (Å²) in [5.41, 5.74) is 6.47. The van der Waals surface area contributed by atoms with E-state index in [-0.39, 0.29) is 12.1 Å². The van der Waals surface area contributed by atoms with Crippen LogP contribution < -0.4 is 16.4 Å². The van der Waals surface area contributed by atoms with Crippen molar-refractivity contribution in [3.8, 4) is 0 Å². The van der Waals surface area contributed by atoms with E-state index in [1.54, 1.807) is 0 Å². The molecule has 2 atom stereocenters. The Kier molecular flexibility index (Phi) is 6.65. The summed E-state index contributed by atoms with van der Waals surface area (Å²) in [4.78, 5) is 11.8. The van der Waals surface area contributed by atoms with Gasteiger partial charge in [0.05, 0.1) is 0 Å². The second-order valence-corrected chi connectivity index (χ2v) is 6.14. The van der Waals surface area contributed by atoms with E-state index < -0.39 is 11.7 Å². The van der Waals surface area contributed by atoms with Crippen LogP contribution in [0.15, 0.2) is 30.3 Å². The van der Waals surface area contributed by atoms with Crippen LogP contribution in [-0.4, -0.2) is 30.3 Å². The molecule has 1 amide bonds. The average molecular weight is 293 g/mol. The van der Waals surface area contributed by atoms with Crippen molar-refractivity contribution in [3.05, 3.63) is 35.9 Å². The molecule has 4 N–H and O–H groups in total. The minimum absolute atomic E-state index is 0.0160. The fourth-order valence-corrected chi connectivity index (χ4v) is 1.90. The molecule has 21 heavy (non-hydrogen) atoms. The molecule has 2 unspecified atom stereocenters. The van der Waals surface area contributed by atoms with Crippen LogP contribution in [0.4, 0.5) is 4.79 Å². The average Bonchev–Trinajstić information content (AvgIpc) is 2.38. The van der Waals surface area contributed by atoms with Crippen molar-refractivity contribution in [1.29, 1.82) is 0 Å². The minimum Gasteiger partial charge on any atom is -0.444 e. The van der Waals surface area contributed by atoms with E-state index >= 15 is 0 Å². The molecule has 0 saturated heterocycles. The molecule has 1 aromatic rings. The lowest BCUT2D eigenvalue weighted by molar-refractivity contribution is 0.0498. The fourth-order valence-electron chi connectivity index (χ4n) is 1.90. The van der Waals surface area contributed by atoms with Gasteiger partial charge in [-0.15, -0.1) is 0 Å². The quantitative estimate of drug-likeness (QED) is 0.750. The number of ether oxygens (including phenoxy) is 1. The van der Waals surface area contributed by atoms with E-state index in [4.69, 9.17) is 10.5 Å². The molecule has 5 nitrogen and oxygen atoms in total. The van der Waals surface area contributed by atoms with Crippen LogP contribution in [0.2, 0.25) is 0 Å². The number of nitrogens with two attached hydrogens (primary N) is 1. The van der Waals surface area contributed by atoms with E-state index in [1.807, 2.05) is 58.0 Å². The van der Waals surface area contributed by atoms with Gasteiger partial charge in [-0.2, -0.15) is 0 Å². The molecule has 0 fully saturated rings. The van der Waals surface area contributed by atoms with Crippen molar-refractivity contribution in [2.75, 3.05) is 6.54 Å². The number of benzene rings is 1. The number of nitrogens with one attached hydrogen (secondary N) is 2. The van der Waals surface area contributed by atoms with Gasteiger partial charge in [0.25, 0.3) is 0 Å². The molecule has 0 saturated carbocycles. The Hall–Kier alpha value is -1.59. The molecule has 0 radical (unpaired) electrons. The standard InChI is InChI=1S/C16H27N3O2/c1-12(19-15(20)21-16(2,3)4)14(10-17)18-11-13-8-6-5-7-9-13/h5-9,12,14,18H,10-11,17H2,1-4H3,(H,19,20). The van der Waals surface area contributed by atoms with Gasteiger partial charge in [-0.3, -0.25) is 0 Å². The number of hydrogen-bond donors (Lipinski definition) is 3. The molecule has 0 heterocycles. The number of carbonyl (C=O) groups excluding carboxylic acids is 1. The second-order valence-electron chi connectivity index (χ2n) is 6.14. The van der Waals surface area contributed by atoms with Crippen molar-refractivity contribution >= 4 is 6.09 Å². The zero-order valence-corrected chi connectivity index (χ0v) is 13.3. The summed E-state index contributed by atoms with van der Waals surface area (Å²) in [6, 6.07) is 9.94. The molecule has 118 valence electrons. The lowest BCUT2D eigenvalue weighted by Gasteiger charge is -2.27. The Balaban J connectivity index is 2.45. The van der Waals surface area contributed by atoms with Crippen molar-refractivity contribution in [1.82, 2.24) is 10.6 Å². The Morgan fingerprint density at radius 3 is 2.43 bits per heavy atom. The number of hydrogen-bond acceptors (Lipinski definition) is 4. The first-order valence-corrected chi connectivity index (χ1v) is 7.28. The maximum atomic E-state index is 11.8. The van der Waals surface area contributed by atoms with Gasteiger partial charge >= 0.3 is 6.09 Å². The van der Waals surface area contributed by atoms with Gasteiger partial charge in [0, 0.05) is 25.2 Å². The van der Waals surface area contributed by atoms with Crippen LogP contribution in [-0.2, 0) is 11.3 Å². The predicted octanol–water partition coefficient (Wildman–Crippen LogP) is 2.02. The first-order chi connectivity index (χ1) is 9.81. The van der Waals surface area contributed by atoms with Crippen LogP contribution in [0.3, 0.4) is 0 Å². The van der Waals surface area contributed by atoms with Gasteiger partial charge in [0.15, 0.2) is 0 Å². The summed E-state index contributed by atoms with van der Waals surface area (Å²) in [6.45, 7) is 8.58. The molecule has 1 rings (SSSR count). The summed E-state index contributed by atoms with van der Waals surface area (Å²) in [5, 5.41) is 6.18. The van der Waals surface area contributed by atoms with E-state index in [1.165, 1.54) is 5.56 Å². The summed E-state index contributed by atoms with van der Waals surface area (Å²) >= 11 is 0. The molecule has 0 aliphatic heterocycles. The molecule has 0 spiro atoms. The molecular weight excluding hydrogens is 266 g/mol. The second kappa shape index (κ2) is 8.00. The third-order valence-corrected chi connectivity index (χ3v) is 3.01. The highest BCUT2D eigenvalue weighted by Gasteiger charge is 2.21. The SMILES string of the molecule is CC(NC(=O)OC(C)(C)C)C(CN)NCc1ccccc1. The van der Waals surface area contributed by atoms with Crippen molar-refractivity contribution < 1.29 is 9.53 Å². The molecule has 0 aromatic heterocycles. The number of alkyl carbamates (subject to hydrolysis) is 1. The molecule has 5 heteroatoms. The van der Waals surface area contributed by atoms with Gasteiger partial charge in [0.2, 0.25) is 0 Å². The van der Waals surface area contributed by atoms with Gasteiger partial charge in [0.1, 0.15) is 5.60 Å². The molecule has 0 bridgehead atoms. The van der Waals surface area contributed by atoms with Crippen LogP contribution in [0, 0.1) is 0 Å². The van der Waals surface area contributed by atoms with E-state index in [2.05, 4.69) is 10.6 Å². The van der Waals surface area contributed by atoms with Gasteiger partial charge < -0.3 is 21.1 Å². The lowest BCUT2D eigenvalue weighted by atomic mass is 10.1. The van der Waals surface area contributed by atoms with E-state index in [0.29, 0.717) is 13.1 Å². The zero-order chi connectivity index (χ0) is 15.9. The summed E-state index contributed by atoms with van der Waals surface area (Å²) in [6.07, 6.45) is -0.421. The van der Waals surface area contributed by atoms with Gasteiger partial charge in [-0.05, 0) is 33.3 Å². The third-order valence-electron chi connectivity index (χ3n) is 3.01. The van der Waals surface area contributed by atoms with Crippen LogP contribution in [0.5, 0.6) is 0 Å². The summed E-state index contributed by atoms with van der Waals surface area (Å²) in [7, 11) is 0. The summed E-state index contributed by atoms with van der Waals surface area (Å²) < 4.78 is 5.25. The number of rotatable bonds is 6. The van der Waals surface area contributed by atoms with Gasteiger partial charge in [-0.1, -0.05) is 30.3 Å². The van der Waals surface area contributed by atoms with Crippen molar-refractivity contribution in [3.63, 3.8) is 0 Å². The number of amides is 1. The predicted molar refractivity (Wildman–Crippen MR) is 85.0 cm³/mol. The van der Waals surface area contributed by atoms with Crippen LogP contribution in [0.1, 0.15) is 33.3 Å². The number of carbonyl (C=O) groups is 1. The zero-order valence-electron chi connectivity index (χ0n) is 13.3. The largest absolute Gasteiger partial charge is 0.444 e. The Bertz CT molecular complexity index is 429. The highest BCUT2D eigenvalue weighted by molar-refractivity contribution is 5.68. The normalized spacial score (nSPS) is 14.3. The van der Waals surface area contributed by atoms with E-state index in [0.717, 1.165) is 0 Å². The maximum absolute atomic E-state index is 11.8. The maximum Gasteiger partial charge on any atom is 0.407 e. The van der Waals surface area contributed by atoms with Gasteiger partial charge in [-0.25, -0.2) is 4.79 Å². The molecular formula is C16H27N3O2. The topological polar surface area (TPSA) is 76.4 Å². The highest BCUT2D eigenvalue weighted by atomic mass is 16.6. The lowest BCUT2D eigenvalue weighted by Crippen LogP contribution is -2.52. The van der Waals surface area contributed by atoms with E-state index in [9.17, 15) is 4.79 Å².